The quantitative estimate of drug-likeness (QED) is 0.648. The van der Waals surface area contributed by atoms with Gasteiger partial charge in [0, 0.05) is 18.4 Å². The first kappa shape index (κ1) is 9.73. The second-order valence-corrected chi connectivity index (χ2v) is 2.71. The zero-order valence-corrected chi connectivity index (χ0v) is 7.70. The van der Waals surface area contributed by atoms with Crippen LogP contribution < -0.4 is 5.32 Å². The molecule has 72 valence electrons. The number of ether oxygens (including phenoxy) is 1. The summed E-state index contributed by atoms with van der Waals surface area (Å²) >= 11 is 0. The zero-order valence-electron chi connectivity index (χ0n) is 7.70. The van der Waals surface area contributed by atoms with Crippen molar-refractivity contribution >= 4 is 5.97 Å². The molecule has 5 nitrogen and oxygen atoms in total. The Morgan fingerprint density at radius 2 is 2.62 bits per heavy atom. The Labute approximate surface area is 76.5 Å². The van der Waals surface area contributed by atoms with E-state index in [9.17, 15) is 4.79 Å². The third-order valence-electron chi connectivity index (χ3n) is 1.71. The number of esters is 1. The van der Waals surface area contributed by atoms with Crippen molar-refractivity contribution in [1.29, 1.82) is 0 Å². The van der Waals surface area contributed by atoms with E-state index in [1.165, 1.54) is 7.11 Å². The van der Waals surface area contributed by atoms with Crippen molar-refractivity contribution in [2.75, 3.05) is 7.11 Å². The maximum Gasteiger partial charge on any atom is 0.322 e. The SMILES string of the molecule is COC(=O)[C@H](C)NCc1ccn[nH]1. The van der Waals surface area contributed by atoms with Gasteiger partial charge in [0.1, 0.15) is 6.04 Å². The Kier molecular flexibility index (Phi) is 3.45. The van der Waals surface area contributed by atoms with Gasteiger partial charge in [0.2, 0.25) is 0 Å². The lowest BCUT2D eigenvalue weighted by atomic mass is 10.3. The van der Waals surface area contributed by atoms with E-state index in [1.54, 1.807) is 13.1 Å². The minimum Gasteiger partial charge on any atom is -0.468 e. The summed E-state index contributed by atoms with van der Waals surface area (Å²) in [7, 11) is 1.37. The van der Waals surface area contributed by atoms with Crippen molar-refractivity contribution in [3.63, 3.8) is 0 Å². The lowest BCUT2D eigenvalue weighted by Crippen LogP contribution is -2.34. The fourth-order valence-corrected chi connectivity index (χ4v) is 0.906. The summed E-state index contributed by atoms with van der Waals surface area (Å²) in [5.74, 6) is -0.264. The molecule has 1 rings (SSSR count). The maximum absolute atomic E-state index is 11.0. The molecule has 0 amide bonds. The van der Waals surface area contributed by atoms with E-state index < -0.39 is 0 Å². The number of aromatic nitrogens is 2. The molecular weight excluding hydrogens is 170 g/mol. The van der Waals surface area contributed by atoms with Crippen LogP contribution in [-0.4, -0.2) is 29.3 Å². The fourth-order valence-electron chi connectivity index (χ4n) is 0.906. The highest BCUT2D eigenvalue weighted by atomic mass is 16.5. The molecule has 13 heavy (non-hydrogen) atoms. The highest BCUT2D eigenvalue weighted by Crippen LogP contribution is 1.92. The van der Waals surface area contributed by atoms with E-state index in [0.29, 0.717) is 6.54 Å². The molecule has 2 N–H and O–H groups in total. The molecule has 0 aliphatic heterocycles. The van der Waals surface area contributed by atoms with Crippen LogP contribution in [-0.2, 0) is 16.1 Å². The van der Waals surface area contributed by atoms with Gasteiger partial charge in [-0.1, -0.05) is 0 Å². The third-order valence-corrected chi connectivity index (χ3v) is 1.71. The molecule has 0 fully saturated rings. The monoisotopic (exact) mass is 183 g/mol. The van der Waals surface area contributed by atoms with E-state index >= 15 is 0 Å². The number of carbonyl (C=O) groups is 1. The van der Waals surface area contributed by atoms with Crippen LogP contribution >= 0.6 is 0 Å². The summed E-state index contributed by atoms with van der Waals surface area (Å²) in [6.45, 7) is 2.33. The van der Waals surface area contributed by atoms with E-state index in [4.69, 9.17) is 0 Å². The van der Waals surface area contributed by atoms with Gasteiger partial charge in [0.25, 0.3) is 0 Å². The molecule has 1 atom stereocenters. The Bertz CT molecular complexity index is 258. The Morgan fingerprint density at radius 1 is 1.85 bits per heavy atom. The van der Waals surface area contributed by atoms with Crippen LogP contribution in [0.15, 0.2) is 12.3 Å². The molecule has 0 aliphatic rings. The molecule has 0 aliphatic carbocycles. The predicted octanol–water partition coefficient (Wildman–Crippen LogP) is 0.0608. The van der Waals surface area contributed by atoms with Crippen molar-refractivity contribution in [3.8, 4) is 0 Å². The van der Waals surface area contributed by atoms with Crippen LogP contribution in [0.1, 0.15) is 12.6 Å². The molecular formula is C8H13N3O2. The van der Waals surface area contributed by atoms with E-state index in [1.807, 2.05) is 6.07 Å². The van der Waals surface area contributed by atoms with Gasteiger partial charge in [-0.15, -0.1) is 0 Å². The average molecular weight is 183 g/mol. The fraction of sp³-hybridized carbons (Fsp3) is 0.500. The lowest BCUT2D eigenvalue weighted by Gasteiger charge is -2.09. The standard InChI is InChI=1S/C8H13N3O2/c1-6(8(12)13-2)9-5-7-3-4-10-11-7/h3-4,6,9H,5H2,1-2H3,(H,10,11)/t6-/m0/s1. The summed E-state index contributed by atoms with van der Waals surface area (Å²) in [4.78, 5) is 11.0. The number of carbonyl (C=O) groups excluding carboxylic acids is 1. The Balaban J connectivity index is 2.30. The number of hydrogen-bond donors (Lipinski definition) is 2. The van der Waals surface area contributed by atoms with Crippen LogP contribution in [0.25, 0.3) is 0 Å². The number of rotatable bonds is 4. The topological polar surface area (TPSA) is 67.0 Å². The van der Waals surface area contributed by atoms with Crippen LogP contribution in [0.2, 0.25) is 0 Å². The number of nitrogens with one attached hydrogen (secondary N) is 2. The van der Waals surface area contributed by atoms with Crippen LogP contribution in [0, 0.1) is 0 Å². The molecule has 0 aromatic carbocycles. The highest BCUT2D eigenvalue weighted by molar-refractivity contribution is 5.74. The molecule has 0 saturated heterocycles. The predicted molar refractivity (Wildman–Crippen MR) is 46.9 cm³/mol. The number of hydrogen-bond acceptors (Lipinski definition) is 4. The van der Waals surface area contributed by atoms with Gasteiger partial charge in [-0.3, -0.25) is 15.2 Å². The summed E-state index contributed by atoms with van der Waals surface area (Å²) in [5.41, 5.74) is 0.941. The summed E-state index contributed by atoms with van der Waals surface area (Å²) in [6, 6.07) is 1.55. The molecule has 0 bridgehead atoms. The van der Waals surface area contributed by atoms with Gasteiger partial charge < -0.3 is 4.74 Å². The van der Waals surface area contributed by atoms with E-state index in [0.717, 1.165) is 5.69 Å². The molecule has 0 saturated carbocycles. The van der Waals surface area contributed by atoms with Crippen molar-refractivity contribution in [3.05, 3.63) is 18.0 Å². The van der Waals surface area contributed by atoms with Gasteiger partial charge in [-0.25, -0.2) is 0 Å². The number of aromatic amines is 1. The van der Waals surface area contributed by atoms with Gasteiger partial charge >= 0.3 is 5.97 Å². The number of nitrogens with zero attached hydrogens (tertiary/aromatic N) is 1. The van der Waals surface area contributed by atoms with Gasteiger partial charge in [0.15, 0.2) is 0 Å². The van der Waals surface area contributed by atoms with Gasteiger partial charge in [-0.2, -0.15) is 5.10 Å². The molecule has 0 unspecified atom stereocenters. The van der Waals surface area contributed by atoms with Crippen LogP contribution in [0.3, 0.4) is 0 Å². The number of H-pyrrole nitrogens is 1. The molecule has 1 aromatic rings. The second-order valence-electron chi connectivity index (χ2n) is 2.71. The number of methoxy groups -OCH3 is 1. The minimum atomic E-state index is -0.298. The molecule has 0 radical (unpaired) electrons. The third kappa shape index (κ3) is 2.87. The van der Waals surface area contributed by atoms with Gasteiger partial charge in [0.05, 0.1) is 7.11 Å². The first-order valence-corrected chi connectivity index (χ1v) is 4.03. The van der Waals surface area contributed by atoms with Crippen LogP contribution in [0.4, 0.5) is 0 Å². The van der Waals surface area contributed by atoms with Crippen molar-refractivity contribution < 1.29 is 9.53 Å². The first-order chi connectivity index (χ1) is 6.24. The van der Waals surface area contributed by atoms with Crippen molar-refractivity contribution in [2.24, 2.45) is 0 Å². The largest absolute Gasteiger partial charge is 0.468 e. The van der Waals surface area contributed by atoms with Crippen LogP contribution in [0.5, 0.6) is 0 Å². The lowest BCUT2D eigenvalue weighted by molar-refractivity contribution is -0.142. The summed E-state index contributed by atoms with van der Waals surface area (Å²) < 4.78 is 4.55. The van der Waals surface area contributed by atoms with Gasteiger partial charge in [-0.05, 0) is 13.0 Å². The summed E-state index contributed by atoms with van der Waals surface area (Å²) in [5, 5.41) is 9.56. The first-order valence-electron chi connectivity index (χ1n) is 4.03. The van der Waals surface area contributed by atoms with Crippen molar-refractivity contribution in [2.45, 2.75) is 19.5 Å². The normalized spacial score (nSPS) is 12.5. The highest BCUT2D eigenvalue weighted by Gasteiger charge is 2.11. The molecule has 1 heterocycles. The zero-order chi connectivity index (χ0) is 9.68. The Morgan fingerprint density at radius 3 is 3.15 bits per heavy atom. The minimum absolute atomic E-state index is 0.264. The molecule has 5 heteroatoms. The van der Waals surface area contributed by atoms with E-state index in [2.05, 4.69) is 20.3 Å². The summed E-state index contributed by atoms with van der Waals surface area (Å²) in [6.07, 6.45) is 1.67. The average Bonchev–Trinajstić information content (AvgIpc) is 2.65. The van der Waals surface area contributed by atoms with Crippen molar-refractivity contribution in [1.82, 2.24) is 15.5 Å². The van der Waals surface area contributed by atoms with E-state index in [-0.39, 0.29) is 12.0 Å². The molecule has 0 spiro atoms. The second kappa shape index (κ2) is 4.61. The smallest absolute Gasteiger partial charge is 0.322 e. The molecule has 1 aromatic heterocycles. The Hall–Kier alpha value is -1.36. The maximum atomic E-state index is 11.0.